The number of fused-ring (bicyclic) bond motifs is 2. The molecule has 4 rings (SSSR count). The van der Waals surface area contributed by atoms with Gasteiger partial charge in [-0.25, -0.2) is 0 Å². The number of hydrogen-bond acceptors (Lipinski definition) is 5. The summed E-state index contributed by atoms with van der Waals surface area (Å²) in [6.45, 7) is 2.08. The number of nitrogens with two attached hydrogens (primary N) is 1. The van der Waals surface area contributed by atoms with Crippen LogP contribution < -0.4 is 11.1 Å². The summed E-state index contributed by atoms with van der Waals surface area (Å²) in [5, 5.41) is 12.9. The highest BCUT2D eigenvalue weighted by Crippen LogP contribution is 2.42. The van der Waals surface area contributed by atoms with Gasteiger partial charge in [0.25, 0.3) is 0 Å². The molecule has 0 radical (unpaired) electrons. The Morgan fingerprint density at radius 1 is 1.19 bits per heavy atom. The van der Waals surface area contributed by atoms with Crippen molar-refractivity contribution in [2.45, 2.75) is 51.5 Å². The van der Waals surface area contributed by atoms with Crippen LogP contribution in [0.1, 0.15) is 48.2 Å². The minimum atomic E-state index is 0. The van der Waals surface area contributed by atoms with Crippen molar-refractivity contribution in [3.63, 3.8) is 0 Å². The number of anilines is 1. The Kier molecular flexibility index (Phi) is 6.50. The van der Waals surface area contributed by atoms with Crippen molar-refractivity contribution in [1.29, 1.82) is 0 Å². The zero-order valence-corrected chi connectivity index (χ0v) is 17.2. The van der Waals surface area contributed by atoms with Gasteiger partial charge >= 0.3 is 0 Å². The van der Waals surface area contributed by atoms with Crippen LogP contribution in [0.5, 0.6) is 0 Å². The average molecular weight is 407 g/mol. The molecule has 2 fully saturated rings. The zero-order chi connectivity index (χ0) is 18.1. The van der Waals surface area contributed by atoms with Crippen LogP contribution in [0.2, 0.25) is 0 Å². The van der Waals surface area contributed by atoms with Crippen LogP contribution in [0.4, 0.5) is 5.13 Å². The summed E-state index contributed by atoms with van der Waals surface area (Å²) in [6.07, 6.45) is 6.17. The van der Waals surface area contributed by atoms with E-state index in [1.165, 1.54) is 41.7 Å². The van der Waals surface area contributed by atoms with Gasteiger partial charge in [-0.1, -0.05) is 47.6 Å². The van der Waals surface area contributed by atoms with Crippen LogP contribution in [0.3, 0.4) is 0 Å². The van der Waals surface area contributed by atoms with Crippen LogP contribution in [-0.4, -0.2) is 22.1 Å². The molecule has 2 aliphatic carbocycles. The SMILES string of the molecule is Cc1ccc(Cc2nnc(NC(=O)C3CC4CCCC(C3)C4N)s2)cc1.Cl. The third-order valence-corrected chi connectivity index (χ3v) is 6.80. The van der Waals surface area contributed by atoms with E-state index in [9.17, 15) is 4.79 Å². The number of amides is 1. The van der Waals surface area contributed by atoms with Crippen molar-refractivity contribution in [2.75, 3.05) is 5.32 Å². The molecular formula is C20H27ClN4OS. The minimum absolute atomic E-state index is 0. The van der Waals surface area contributed by atoms with E-state index in [0.29, 0.717) is 17.0 Å². The standard InChI is InChI=1S/C20H26N4OS.ClH/c1-12-5-7-13(8-6-12)9-17-23-24-20(26-17)22-19(25)16-10-14-3-2-4-15(11-16)18(14)21;/h5-8,14-16,18H,2-4,9-11,21H2,1H3,(H,22,24,25);1H. The lowest BCUT2D eigenvalue weighted by atomic mass is 9.65. The largest absolute Gasteiger partial charge is 0.327 e. The normalized spacial score (nSPS) is 26.9. The zero-order valence-electron chi connectivity index (χ0n) is 15.6. The first-order chi connectivity index (χ1) is 12.6. The van der Waals surface area contributed by atoms with Crippen molar-refractivity contribution in [3.05, 3.63) is 40.4 Å². The van der Waals surface area contributed by atoms with Gasteiger partial charge in [-0.3, -0.25) is 4.79 Å². The fraction of sp³-hybridized carbons (Fsp3) is 0.550. The molecule has 2 atom stereocenters. The van der Waals surface area contributed by atoms with E-state index >= 15 is 0 Å². The summed E-state index contributed by atoms with van der Waals surface area (Å²) in [5.74, 6) is 1.16. The molecule has 5 nitrogen and oxygen atoms in total. The van der Waals surface area contributed by atoms with Crippen molar-refractivity contribution >= 4 is 34.8 Å². The van der Waals surface area contributed by atoms with E-state index in [0.717, 1.165) is 24.3 Å². The number of aryl methyl sites for hydroxylation is 1. The first-order valence-electron chi connectivity index (χ1n) is 9.53. The highest BCUT2D eigenvalue weighted by atomic mass is 35.5. The second kappa shape index (κ2) is 8.67. The second-order valence-corrected chi connectivity index (χ2v) is 8.91. The van der Waals surface area contributed by atoms with Gasteiger partial charge in [-0.05, 0) is 50.0 Å². The highest BCUT2D eigenvalue weighted by Gasteiger charge is 2.40. The fourth-order valence-corrected chi connectivity index (χ4v) is 5.24. The van der Waals surface area contributed by atoms with Gasteiger partial charge in [0.15, 0.2) is 0 Å². The summed E-state index contributed by atoms with van der Waals surface area (Å²) < 4.78 is 0. The molecule has 7 heteroatoms. The molecule has 27 heavy (non-hydrogen) atoms. The van der Waals surface area contributed by atoms with Crippen LogP contribution in [0, 0.1) is 24.7 Å². The molecule has 0 saturated heterocycles. The van der Waals surface area contributed by atoms with Gasteiger partial charge in [0.2, 0.25) is 11.0 Å². The van der Waals surface area contributed by atoms with Crippen molar-refractivity contribution in [1.82, 2.24) is 10.2 Å². The Hall–Kier alpha value is -1.50. The Balaban J connectivity index is 0.00000210. The Bertz CT molecular complexity index is 765. The summed E-state index contributed by atoms with van der Waals surface area (Å²) in [6, 6.07) is 8.71. The molecule has 2 unspecified atom stereocenters. The van der Waals surface area contributed by atoms with E-state index in [4.69, 9.17) is 5.73 Å². The lowest BCUT2D eigenvalue weighted by Gasteiger charge is -2.43. The molecule has 1 amide bonds. The van der Waals surface area contributed by atoms with Gasteiger partial charge in [-0.2, -0.15) is 0 Å². The van der Waals surface area contributed by atoms with E-state index in [-0.39, 0.29) is 30.3 Å². The molecule has 3 N–H and O–H groups in total. The second-order valence-electron chi connectivity index (χ2n) is 7.85. The topological polar surface area (TPSA) is 80.9 Å². The lowest BCUT2D eigenvalue weighted by molar-refractivity contribution is -0.122. The first kappa shape index (κ1) is 20.2. The molecule has 1 aromatic carbocycles. The molecule has 2 bridgehead atoms. The number of aromatic nitrogens is 2. The number of benzene rings is 1. The summed E-state index contributed by atoms with van der Waals surface area (Å²) in [4.78, 5) is 12.7. The molecule has 2 aromatic rings. The molecular weight excluding hydrogens is 380 g/mol. The van der Waals surface area contributed by atoms with E-state index < -0.39 is 0 Å². The molecule has 1 heterocycles. The smallest absolute Gasteiger partial charge is 0.229 e. The van der Waals surface area contributed by atoms with Crippen molar-refractivity contribution < 1.29 is 4.79 Å². The van der Waals surface area contributed by atoms with Crippen molar-refractivity contribution in [3.8, 4) is 0 Å². The number of hydrogen-bond donors (Lipinski definition) is 2. The number of rotatable bonds is 4. The number of halogens is 1. The maximum Gasteiger partial charge on any atom is 0.229 e. The van der Waals surface area contributed by atoms with Crippen LogP contribution in [0.25, 0.3) is 0 Å². The fourth-order valence-electron chi connectivity index (χ4n) is 4.47. The Labute approximate surface area is 170 Å². The maximum absolute atomic E-state index is 12.7. The molecule has 2 saturated carbocycles. The number of carbonyl (C=O) groups excluding carboxylic acids is 1. The first-order valence-corrected chi connectivity index (χ1v) is 10.3. The maximum atomic E-state index is 12.7. The van der Waals surface area contributed by atoms with E-state index in [1.54, 1.807) is 0 Å². The third-order valence-electron chi connectivity index (χ3n) is 5.96. The van der Waals surface area contributed by atoms with E-state index in [2.05, 4.69) is 46.7 Å². The highest BCUT2D eigenvalue weighted by molar-refractivity contribution is 7.15. The van der Waals surface area contributed by atoms with Gasteiger partial charge in [0.1, 0.15) is 5.01 Å². The molecule has 1 aromatic heterocycles. The van der Waals surface area contributed by atoms with Crippen LogP contribution in [0.15, 0.2) is 24.3 Å². The summed E-state index contributed by atoms with van der Waals surface area (Å²) in [7, 11) is 0. The van der Waals surface area contributed by atoms with Crippen LogP contribution in [-0.2, 0) is 11.2 Å². The summed E-state index contributed by atoms with van der Waals surface area (Å²) >= 11 is 1.47. The third kappa shape index (κ3) is 4.68. The van der Waals surface area contributed by atoms with Gasteiger partial charge in [0, 0.05) is 18.4 Å². The summed E-state index contributed by atoms with van der Waals surface area (Å²) in [5.41, 5.74) is 8.79. The molecule has 146 valence electrons. The Morgan fingerprint density at radius 3 is 2.52 bits per heavy atom. The predicted molar refractivity (Wildman–Crippen MR) is 111 cm³/mol. The molecule has 0 aliphatic heterocycles. The number of carbonyl (C=O) groups is 1. The van der Waals surface area contributed by atoms with Crippen molar-refractivity contribution in [2.24, 2.45) is 23.5 Å². The number of nitrogens with zero attached hydrogens (tertiary/aromatic N) is 2. The molecule has 0 spiro atoms. The van der Waals surface area contributed by atoms with Gasteiger partial charge in [0.05, 0.1) is 0 Å². The van der Waals surface area contributed by atoms with Gasteiger partial charge in [-0.15, -0.1) is 22.6 Å². The van der Waals surface area contributed by atoms with Crippen LogP contribution >= 0.6 is 23.7 Å². The van der Waals surface area contributed by atoms with Gasteiger partial charge < -0.3 is 11.1 Å². The lowest BCUT2D eigenvalue weighted by Crippen LogP contribution is -2.48. The number of nitrogens with one attached hydrogen (secondary N) is 1. The monoisotopic (exact) mass is 406 g/mol. The minimum Gasteiger partial charge on any atom is -0.327 e. The predicted octanol–water partition coefficient (Wildman–Crippen LogP) is 3.95. The Morgan fingerprint density at radius 2 is 1.85 bits per heavy atom. The quantitative estimate of drug-likeness (QED) is 0.805. The van der Waals surface area contributed by atoms with E-state index in [1.807, 2.05) is 0 Å². The molecule has 2 aliphatic rings. The average Bonchev–Trinajstić information content (AvgIpc) is 3.03.